The van der Waals surface area contributed by atoms with Gasteiger partial charge in [-0.3, -0.25) is 4.84 Å². The molecule has 0 saturated heterocycles. The number of allylic oxidation sites excluding steroid dienone is 1. The van der Waals surface area contributed by atoms with Gasteiger partial charge in [-0.25, -0.2) is 5.06 Å². The van der Waals surface area contributed by atoms with Crippen molar-refractivity contribution >= 4 is 5.70 Å². The van der Waals surface area contributed by atoms with Gasteiger partial charge in [0, 0.05) is 11.6 Å². The van der Waals surface area contributed by atoms with Crippen LogP contribution in [0.3, 0.4) is 0 Å². The lowest BCUT2D eigenvalue weighted by atomic mass is 10.1. The van der Waals surface area contributed by atoms with Gasteiger partial charge in [0.1, 0.15) is 0 Å². The van der Waals surface area contributed by atoms with E-state index in [1.54, 1.807) is 5.06 Å². The van der Waals surface area contributed by atoms with E-state index in [4.69, 9.17) is 10.1 Å². The molecule has 1 aromatic rings. The topological polar surface area (TPSA) is 36.3 Å². The van der Waals surface area contributed by atoms with Crippen molar-refractivity contribution < 1.29 is 4.84 Å². The molecular formula is C15H16N2O. The minimum atomic E-state index is 0.585. The molecule has 0 saturated carbocycles. The highest BCUT2D eigenvalue weighted by molar-refractivity contribution is 5.65. The summed E-state index contributed by atoms with van der Waals surface area (Å²) >= 11 is 0. The van der Waals surface area contributed by atoms with Gasteiger partial charge in [-0.2, -0.15) is 5.26 Å². The minimum Gasteiger partial charge on any atom is -0.269 e. The van der Waals surface area contributed by atoms with Crippen molar-refractivity contribution in [1.29, 1.82) is 5.26 Å². The van der Waals surface area contributed by atoms with Crippen molar-refractivity contribution in [2.75, 3.05) is 13.2 Å². The Labute approximate surface area is 108 Å². The largest absolute Gasteiger partial charge is 0.269 e. The lowest BCUT2D eigenvalue weighted by molar-refractivity contribution is -0.101. The Kier molecular flexibility index (Phi) is 3.81. The second kappa shape index (κ2) is 5.52. The zero-order valence-electron chi connectivity index (χ0n) is 10.7. The van der Waals surface area contributed by atoms with Gasteiger partial charge in [0.25, 0.3) is 0 Å². The minimum absolute atomic E-state index is 0.585. The number of rotatable bonds is 2. The van der Waals surface area contributed by atoms with Crippen LogP contribution in [0.2, 0.25) is 0 Å². The third-order valence-electron chi connectivity index (χ3n) is 3.09. The van der Waals surface area contributed by atoms with Crippen LogP contribution in [0.5, 0.6) is 0 Å². The number of hydrogen-bond acceptors (Lipinski definition) is 3. The van der Waals surface area contributed by atoms with Crippen molar-refractivity contribution in [3.8, 4) is 6.07 Å². The molecule has 0 aromatic heterocycles. The highest BCUT2D eigenvalue weighted by atomic mass is 16.7. The van der Waals surface area contributed by atoms with E-state index < -0.39 is 0 Å². The van der Waals surface area contributed by atoms with Gasteiger partial charge in [-0.05, 0) is 19.4 Å². The van der Waals surface area contributed by atoms with E-state index in [-0.39, 0.29) is 0 Å². The van der Waals surface area contributed by atoms with Gasteiger partial charge in [0.15, 0.2) is 0 Å². The van der Waals surface area contributed by atoms with Crippen LogP contribution in [0, 0.1) is 11.3 Å². The maximum atomic E-state index is 8.93. The van der Waals surface area contributed by atoms with Gasteiger partial charge >= 0.3 is 0 Å². The van der Waals surface area contributed by atoms with E-state index in [0.717, 1.165) is 11.3 Å². The molecule has 3 nitrogen and oxygen atoms in total. The fourth-order valence-corrected chi connectivity index (χ4v) is 1.82. The first kappa shape index (κ1) is 12.4. The third kappa shape index (κ3) is 2.61. The molecule has 0 spiro atoms. The Morgan fingerprint density at radius 1 is 1.28 bits per heavy atom. The first-order chi connectivity index (χ1) is 8.72. The van der Waals surface area contributed by atoms with Gasteiger partial charge in [0.2, 0.25) is 0 Å². The van der Waals surface area contributed by atoms with Gasteiger partial charge in [-0.15, -0.1) is 0 Å². The van der Waals surface area contributed by atoms with E-state index in [1.807, 2.05) is 30.3 Å². The van der Waals surface area contributed by atoms with Crippen LogP contribution in [0.25, 0.3) is 5.70 Å². The predicted octanol–water partition coefficient (Wildman–Crippen LogP) is 3.13. The van der Waals surface area contributed by atoms with Crippen molar-refractivity contribution in [3.63, 3.8) is 0 Å². The van der Waals surface area contributed by atoms with E-state index in [9.17, 15) is 0 Å². The van der Waals surface area contributed by atoms with E-state index >= 15 is 0 Å². The molecule has 0 N–H and O–H groups in total. The summed E-state index contributed by atoms with van der Waals surface area (Å²) in [6.45, 7) is 5.46. The van der Waals surface area contributed by atoms with Crippen molar-refractivity contribution in [3.05, 3.63) is 53.1 Å². The number of benzene rings is 1. The Hall–Kier alpha value is -2.05. The van der Waals surface area contributed by atoms with Crippen LogP contribution in [-0.2, 0) is 4.84 Å². The van der Waals surface area contributed by atoms with Crippen molar-refractivity contribution in [2.24, 2.45) is 0 Å². The lowest BCUT2D eigenvalue weighted by Gasteiger charge is -2.31. The monoisotopic (exact) mass is 240 g/mol. The predicted molar refractivity (Wildman–Crippen MR) is 71.1 cm³/mol. The molecule has 0 bridgehead atoms. The normalized spacial score (nSPS) is 16.7. The first-order valence-electron chi connectivity index (χ1n) is 5.93. The van der Waals surface area contributed by atoms with Crippen LogP contribution in [0.15, 0.2) is 47.6 Å². The van der Waals surface area contributed by atoms with Crippen LogP contribution in [0.1, 0.15) is 19.4 Å². The third-order valence-corrected chi connectivity index (χ3v) is 3.09. The van der Waals surface area contributed by atoms with Gasteiger partial charge in [0.05, 0.1) is 24.9 Å². The second-order valence-corrected chi connectivity index (χ2v) is 4.40. The molecule has 18 heavy (non-hydrogen) atoms. The Morgan fingerprint density at radius 2 is 2.00 bits per heavy atom. The average Bonchev–Trinajstić information content (AvgIpc) is 2.40. The number of nitrogens with zero attached hydrogens (tertiary/aromatic N) is 2. The van der Waals surface area contributed by atoms with Crippen LogP contribution < -0.4 is 0 Å². The summed E-state index contributed by atoms with van der Waals surface area (Å²) in [6, 6.07) is 11.9. The second-order valence-electron chi connectivity index (χ2n) is 4.40. The molecule has 1 aliphatic heterocycles. The summed E-state index contributed by atoms with van der Waals surface area (Å²) in [5, 5.41) is 10.7. The number of hydroxylamine groups is 2. The molecular weight excluding hydrogens is 224 g/mol. The summed E-state index contributed by atoms with van der Waals surface area (Å²) < 4.78 is 0. The molecule has 2 rings (SSSR count). The molecule has 1 aliphatic rings. The molecule has 0 fully saturated rings. The molecule has 0 aliphatic carbocycles. The standard InChI is InChI=1S/C15H16N2O/c1-12-10-17(18-11-13(12)2)15(8-9-16)14-6-4-3-5-7-14/h3-8H,10-11H2,1-2H3/b15-8-. The van der Waals surface area contributed by atoms with Crippen LogP contribution in [0.4, 0.5) is 0 Å². The average molecular weight is 240 g/mol. The zero-order chi connectivity index (χ0) is 13.0. The number of hydrogen-bond donors (Lipinski definition) is 0. The molecule has 0 radical (unpaired) electrons. The quantitative estimate of drug-likeness (QED) is 0.588. The van der Waals surface area contributed by atoms with Crippen molar-refractivity contribution in [1.82, 2.24) is 5.06 Å². The summed E-state index contributed by atoms with van der Waals surface area (Å²) in [5.74, 6) is 0. The molecule has 3 heteroatoms. The highest BCUT2D eigenvalue weighted by Crippen LogP contribution is 2.24. The maximum Gasteiger partial charge on any atom is 0.0960 e. The van der Waals surface area contributed by atoms with Crippen LogP contribution in [-0.4, -0.2) is 18.2 Å². The van der Waals surface area contributed by atoms with Gasteiger partial charge < -0.3 is 0 Å². The Bertz CT molecular complexity index is 523. The van der Waals surface area contributed by atoms with E-state index in [0.29, 0.717) is 13.2 Å². The van der Waals surface area contributed by atoms with Crippen molar-refractivity contribution in [2.45, 2.75) is 13.8 Å². The lowest BCUT2D eigenvalue weighted by Crippen LogP contribution is -2.30. The molecule has 1 heterocycles. The number of nitriles is 1. The summed E-state index contributed by atoms with van der Waals surface area (Å²) in [6.07, 6.45) is 1.53. The summed E-state index contributed by atoms with van der Waals surface area (Å²) in [7, 11) is 0. The van der Waals surface area contributed by atoms with E-state index in [1.165, 1.54) is 17.2 Å². The molecule has 1 aromatic carbocycles. The van der Waals surface area contributed by atoms with Gasteiger partial charge in [-0.1, -0.05) is 35.9 Å². The smallest absolute Gasteiger partial charge is 0.0960 e. The molecule has 92 valence electrons. The molecule has 0 amide bonds. The Morgan fingerprint density at radius 3 is 2.61 bits per heavy atom. The summed E-state index contributed by atoms with van der Waals surface area (Å²) in [5.41, 5.74) is 4.35. The Balaban J connectivity index is 2.30. The van der Waals surface area contributed by atoms with E-state index in [2.05, 4.69) is 19.9 Å². The van der Waals surface area contributed by atoms with Crippen LogP contribution >= 0.6 is 0 Å². The zero-order valence-corrected chi connectivity index (χ0v) is 10.7. The molecule has 0 atom stereocenters. The fourth-order valence-electron chi connectivity index (χ4n) is 1.82. The fraction of sp³-hybridized carbons (Fsp3) is 0.267. The maximum absolute atomic E-state index is 8.93. The SMILES string of the molecule is CC1=C(C)CN(/C(=C\C#N)c2ccccc2)OC1. The first-order valence-corrected chi connectivity index (χ1v) is 5.93. The highest BCUT2D eigenvalue weighted by Gasteiger charge is 2.18. The summed E-state index contributed by atoms with van der Waals surface area (Å²) in [4.78, 5) is 5.69. The molecule has 0 unspecified atom stereocenters.